The number of nitrogens with one attached hydrogen (secondary N) is 2. The van der Waals surface area contributed by atoms with Crippen LogP contribution in [-0.4, -0.2) is 23.7 Å². The van der Waals surface area contributed by atoms with Crippen molar-refractivity contribution in [3.63, 3.8) is 0 Å². The number of benzene rings is 2. The van der Waals surface area contributed by atoms with E-state index in [0.29, 0.717) is 35.4 Å². The molecule has 2 N–H and O–H groups in total. The molecule has 0 spiro atoms. The Morgan fingerprint density at radius 1 is 0.968 bits per heavy atom. The highest BCUT2D eigenvalue weighted by atomic mass is 19.4. The molecule has 2 aromatic carbocycles. The van der Waals surface area contributed by atoms with Crippen molar-refractivity contribution in [3.8, 4) is 11.5 Å². The number of hydrogen-bond acceptors (Lipinski definition) is 6. The molecule has 0 saturated heterocycles. The van der Waals surface area contributed by atoms with Crippen molar-refractivity contribution in [1.29, 1.82) is 0 Å². The van der Waals surface area contributed by atoms with Crippen LogP contribution < -0.4 is 20.1 Å². The van der Waals surface area contributed by atoms with Gasteiger partial charge in [0.1, 0.15) is 22.9 Å². The number of halogens is 3. The molecule has 6 nitrogen and oxygen atoms in total. The van der Waals surface area contributed by atoms with Crippen molar-refractivity contribution in [2.24, 2.45) is 5.92 Å². The van der Waals surface area contributed by atoms with Crippen molar-refractivity contribution in [3.05, 3.63) is 60.3 Å². The van der Waals surface area contributed by atoms with E-state index < -0.39 is 11.7 Å². The fourth-order valence-electron chi connectivity index (χ4n) is 2.61. The van der Waals surface area contributed by atoms with Crippen LogP contribution in [0.3, 0.4) is 0 Å². The summed E-state index contributed by atoms with van der Waals surface area (Å²) in [5.41, 5.74) is 0.0535. The number of nitrogens with zero attached hydrogens (tertiary/aromatic N) is 2. The molecular weight excluding hydrogens is 409 g/mol. The SMILES string of the molecule is COc1ccc(Nc2ncc(C(F)(F)F)c(Nc3cccc(OCC(C)C)c3)n2)cc1. The highest BCUT2D eigenvalue weighted by Crippen LogP contribution is 2.35. The third kappa shape index (κ3) is 6.24. The molecule has 1 aromatic heterocycles. The smallest absolute Gasteiger partial charge is 0.421 e. The number of hydrogen-bond donors (Lipinski definition) is 2. The molecular formula is C22H23F3N4O2. The zero-order valence-electron chi connectivity index (χ0n) is 17.3. The predicted molar refractivity (Wildman–Crippen MR) is 113 cm³/mol. The number of aromatic nitrogens is 2. The van der Waals surface area contributed by atoms with Gasteiger partial charge in [-0.05, 0) is 42.3 Å². The minimum Gasteiger partial charge on any atom is -0.497 e. The van der Waals surface area contributed by atoms with Gasteiger partial charge in [0.15, 0.2) is 0 Å². The molecule has 9 heteroatoms. The van der Waals surface area contributed by atoms with E-state index in [-0.39, 0.29) is 11.8 Å². The Labute approximate surface area is 178 Å². The van der Waals surface area contributed by atoms with Crippen molar-refractivity contribution >= 4 is 23.1 Å². The minimum absolute atomic E-state index is 0.0212. The predicted octanol–water partition coefficient (Wildman–Crippen LogP) is 6.03. The molecule has 0 saturated carbocycles. The summed E-state index contributed by atoms with van der Waals surface area (Å²) in [6.45, 7) is 4.52. The van der Waals surface area contributed by atoms with Gasteiger partial charge in [0.25, 0.3) is 0 Å². The Kier molecular flexibility index (Phi) is 6.84. The van der Waals surface area contributed by atoms with Crippen LogP contribution in [0.15, 0.2) is 54.7 Å². The van der Waals surface area contributed by atoms with Crippen LogP contribution in [0.1, 0.15) is 19.4 Å². The standard InChI is InChI=1S/C22H23F3N4O2/c1-14(2)13-31-18-6-4-5-16(11-18)27-20-19(22(23,24)25)12-26-21(29-20)28-15-7-9-17(30-3)10-8-15/h4-12,14H,13H2,1-3H3,(H2,26,27,28,29). The molecule has 1 heterocycles. The average molecular weight is 432 g/mol. The zero-order chi connectivity index (χ0) is 22.4. The molecule has 0 unspecified atom stereocenters. The number of ether oxygens (including phenoxy) is 2. The lowest BCUT2D eigenvalue weighted by Crippen LogP contribution is -2.12. The van der Waals surface area contributed by atoms with Crippen molar-refractivity contribution in [2.75, 3.05) is 24.4 Å². The molecule has 0 bridgehead atoms. The van der Waals surface area contributed by atoms with Crippen LogP contribution in [0.4, 0.5) is 36.3 Å². The second kappa shape index (κ2) is 9.55. The number of methoxy groups -OCH3 is 1. The largest absolute Gasteiger partial charge is 0.497 e. The number of alkyl halides is 3. The van der Waals surface area contributed by atoms with Gasteiger partial charge in [0.2, 0.25) is 5.95 Å². The van der Waals surface area contributed by atoms with Crippen molar-refractivity contribution in [1.82, 2.24) is 9.97 Å². The van der Waals surface area contributed by atoms with Crippen LogP contribution >= 0.6 is 0 Å². The van der Waals surface area contributed by atoms with Gasteiger partial charge in [0, 0.05) is 23.6 Å². The van der Waals surface area contributed by atoms with Gasteiger partial charge in [-0.1, -0.05) is 19.9 Å². The maximum absolute atomic E-state index is 13.5. The monoisotopic (exact) mass is 432 g/mol. The fraction of sp³-hybridized carbons (Fsp3) is 0.273. The third-order valence-corrected chi connectivity index (χ3v) is 4.12. The second-order valence-corrected chi connectivity index (χ2v) is 7.16. The Balaban J connectivity index is 1.86. The van der Waals surface area contributed by atoms with Crippen molar-refractivity contribution in [2.45, 2.75) is 20.0 Å². The topological polar surface area (TPSA) is 68.3 Å². The summed E-state index contributed by atoms with van der Waals surface area (Å²) in [6.07, 6.45) is -3.87. The Morgan fingerprint density at radius 2 is 1.71 bits per heavy atom. The van der Waals surface area contributed by atoms with Gasteiger partial charge in [0.05, 0.1) is 13.7 Å². The zero-order valence-corrected chi connectivity index (χ0v) is 17.3. The van der Waals surface area contributed by atoms with Crippen LogP contribution in [-0.2, 0) is 6.18 Å². The molecule has 3 aromatic rings. The highest BCUT2D eigenvalue weighted by Gasteiger charge is 2.35. The first-order valence-electron chi connectivity index (χ1n) is 9.60. The normalized spacial score (nSPS) is 11.3. The van der Waals surface area contributed by atoms with Gasteiger partial charge in [-0.3, -0.25) is 0 Å². The van der Waals surface area contributed by atoms with E-state index in [2.05, 4.69) is 20.6 Å². The van der Waals surface area contributed by atoms with Gasteiger partial charge >= 0.3 is 6.18 Å². The summed E-state index contributed by atoms with van der Waals surface area (Å²) in [5.74, 6) is 1.19. The van der Waals surface area contributed by atoms with Crippen LogP contribution in [0.5, 0.6) is 11.5 Å². The lowest BCUT2D eigenvalue weighted by molar-refractivity contribution is -0.137. The molecule has 3 rings (SSSR count). The lowest BCUT2D eigenvalue weighted by atomic mass is 10.2. The van der Waals surface area contributed by atoms with E-state index in [0.717, 1.165) is 6.20 Å². The van der Waals surface area contributed by atoms with E-state index >= 15 is 0 Å². The summed E-state index contributed by atoms with van der Waals surface area (Å²) in [6, 6.07) is 13.6. The third-order valence-electron chi connectivity index (χ3n) is 4.12. The van der Waals surface area contributed by atoms with Gasteiger partial charge in [-0.15, -0.1) is 0 Å². The summed E-state index contributed by atoms with van der Waals surface area (Å²) in [5, 5.41) is 5.63. The highest BCUT2D eigenvalue weighted by molar-refractivity contribution is 5.64. The van der Waals surface area contributed by atoms with Crippen LogP contribution in [0, 0.1) is 5.92 Å². The van der Waals surface area contributed by atoms with E-state index in [4.69, 9.17) is 9.47 Å². The molecule has 0 aliphatic heterocycles. The fourth-order valence-corrected chi connectivity index (χ4v) is 2.61. The summed E-state index contributed by atoms with van der Waals surface area (Å²) in [7, 11) is 1.54. The molecule has 0 aliphatic rings. The molecule has 164 valence electrons. The number of rotatable bonds is 8. The van der Waals surface area contributed by atoms with E-state index in [1.54, 1.807) is 55.6 Å². The molecule has 0 fully saturated rings. The molecule has 0 radical (unpaired) electrons. The maximum atomic E-state index is 13.5. The Hall–Kier alpha value is -3.49. The van der Waals surface area contributed by atoms with Crippen molar-refractivity contribution < 1.29 is 22.6 Å². The van der Waals surface area contributed by atoms with E-state index in [9.17, 15) is 13.2 Å². The molecule has 0 amide bonds. The Morgan fingerprint density at radius 3 is 2.35 bits per heavy atom. The average Bonchev–Trinajstić information content (AvgIpc) is 2.72. The first kappa shape index (κ1) is 22.2. The van der Waals surface area contributed by atoms with Gasteiger partial charge < -0.3 is 20.1 Å². The first-order valence-corrected chi connectivity index (χ1v) is 9.60. The second-order valence-electron chi connectivity index (χ2n) is 7.16. The first-order chi connectivity index (χ1) is 14.7. The Bertz CT molecular complexity index is 1010. The van der Waals surface area contributed by atoms with E-state index in [1.807, 2.05) is 13.8 Å². The van der Waals surface area contributed by atoms with E-state index in [1.165, 1.54) is 0 Å². The summed E-state index contributed by atoms with van der Waals surface area (Å²) in [4.78, 5) is 7.86. The summed E-state index contributed by atoms with van der Waals surface area (Å²) < 4.78 is 51.3. The molecule has 0 aliphatic carbocycles. The van der Waals surface area contributed by atoms with Gasteiger partial charge in [-0.25, -0.2) is 4.98 Å². The quantitative estimate of drug-likeness (QED) is 0.453. The van der Waals surface area contributed by atoms with Crippen LogP contribution in [0.25, 0.3) is 0 Å². The van der Waals surface area contributed by atoms with Crippen LogP contribution in [0.2, 0.25) is 0 Å². The molecule has 31 heavy (non-hydrogen) atoms. The maximum Gasteiger partial charge on any atom is 0.421 e. The lowest BCUT2D eigenvalue weighted by Gasteiger charge is -2.16. The van der Waals surface area contributed by atoms with Gasteiger partial charge in [-0.2, -0.15) is 18.2 Å². The number of anilines is 4. The minimum atomic E-state index is -4.62. The summed E-state index contributed by atoms with van der Waals surface area (Å²) >= 11 is 0. The molecule has 0 atom stereocenters.